The number of benzene rings is 1. The highest BCUT2D eigenvalue weighted by Gasteiger charge is 2.17. The third-order valence-corrected chi connectivity index (χ3v) is 3.82. The van der Waals surface area contributed by atoms with E-state index in [0.29, 0.717) is 12.0 Å². The van der Waals surface area contributed by atoms with Crippen LogP contribution in [0, 0.1) is 11.7 Å². The van der Waals surface area contributed by atoms with E-state index in [1.807, 2.05) is 6.07 Å². The van der Waals surface area contributed by atoms with E-state index in [0.717, 1.165) is 36.0 Å². The monoisotopic (exact) mass is 329 g/mol. The van der Waals surface area contributed by atoms with Gasteiger partial charge in [-0.15, -0.1) is 0 Å². The van der Waals surface area contributed by atoms with Crippen molar-refractivity contribution in [3.05, 3.63) is 34.1 Å². The molecule has 1 aromatic rings. The lowest BCUT2D eigenvalue weighted by atomic mass is 10.1. The minimum Gasteiger partial charge on any atom is -0.296 e. The molecular formula is C16H25BrFN. The van der Waals surface area contributed by atoms with Crippen LogP contribution < -0.4 is 0 Å². The van der Waals surface area contributed by atoms with Gasteiger partial charge in [-0.2, -0.15) is 0 Å². The molecule has 1 aromatic carbocycles. The largest absolute Gasteiger partial charge is 0.296 e. The maximum Gasteiger partial charge on any atom is 0.124 e. The van der Waals surface area contributed by atoms with Crippen LogP contribution in [0.25, 0.3) is 0 Å². The Bertz CT molecular complexity index is 368. The molecule has 3 heteroatoms. The Morgan fingerprint density at radius 3 is 2.26 bits per heavy atom. The summed E-state index contributed by atoms with van der Waals surface area (Å²) >= 11 is 3.37. The van der Waals surface area contributed by atoms with E-state index in [1.54, 1.807) is 6.07 Å². The topological polar surface area (TPSA) is 3.24 Å². The summed E-state index contributed by atoms with van der Waals surface area (Å²) < 4.78 is 14.3. The molecule has 0 bridgehead atoms. The first-order chi connectivity index (χ1) is 8.96. The molecule has 0 aliphatic rings. The lowest BCUT2D eigenvalue weighted by molar-refractivity contribution is 0.157. The third kappa shape index (κ3) is 5.62. The van der Waals surface area contributed by atoms with Crippen LogP contribution in [0.4, 0.5) is 4.39 Å². The van der Waals surface area contributed by atoms with Gasteiger partial charge in [0.05, 0.1) is 0 Å². The molecule has 0 aliphatic heterocycles. The molecule has 108 valence electrons. The summed E-state index contributed by atoms with van der Waals surface area (Å²) in [7, 11) is 0. The van der Waals surface area contributed by atoms with E-state index in [9.17, 15) is 4.39 Å². The number of hydrogen-bond donors (Lipinski definition) is 0. The Labute approximate surface area is 125 Å². The van der Waals surface area contributed by atoms with E-state index in [4.69, 9.17) is 0 Å². The van der Waals surface area contributed by atoms with Gasteiger partial charge in [0, 0.05) is 23.6 Å². The first-order valence-corrected chi connectivity index (χ1v) is 7.94. The zero-order valence-corrected chi connectivity index (χ0v) is 14.0. The van der Waals surface area contributed by atoms with Gasteiger partial charge in [-0.1, -0.05) is 43.6 Å². The second-order valence-electron chi connectivity index (χ2n) is 5.57. The van der Waals surface area contributed by atoms with Crippen molar-refractivity contribution in [3.63, 3.8) is 0 Å². The molecule has 0 atom stereocenters. The fourth-order valence-electron chi connectivity index (χ4n) is 2.55. The summed E-state index contributed by atoms with van der Waals surface area (Å²) in [5.41, 5.74) is 1.04. The zero-order chi connectivity index (χ0) is 14.4. The quantitative estimate of drug-likeness (QED) is 0.661. The second-order valence-corrected chi connectivity index (χ2v) is 6.49. The van der Waals surface area contributed by atoms with Crippen molar-refractivity contribution in [2.75, 3.05) is 6.54 Å². The standard InChI is InChI=1S/C16H25BrFN/c1-5-16(6-2)19(10-12(3)4)11-13-7-14(17)9-15(18)8-13/h7-9,12,16H,5-6,10-11H2,1-4H3. The second kappa shape index (κ2) is 8.01. The van der Waals surface area contributed by atoms with Crippen molar-refractivity contribution in [1.82, 2.24) is 4.90 Å². The predicted molar refractivity (Wildman–Crippen MR) is 83.7 cm³/mol. The van der Waals surface area contributed by atoms with Crippen molar-refractivity contribution < 1.29 is 4.39 Å². The number of halogens is 2. The molecule has 0 spiro atoms. The van der Waals surface area contributed by atoms with Gasteiger partial charge in [-0.3, -0.25) is 4.90 Å². The summed E-state index contributed by atoms with van der Waals surface area (Å²) in [6.45, 7) is 10.8. The van der Waals surface area contributed by atoms with E-state index in [-0.39, 0.29) is 5.82 Å². The molecule has 0 heterocycles. The zero-order valence-electron chi connectivity index (χ0n) is 12.4. The van der Waals surface area contributed by atoms with Crippen molar-refractivity contribution in [2.24, 2.45) is 5.92 Å². The van der Waals surface area contributed by atoms with Crippen LogP contribution in [0.15, 0.2) is 22.7 Å². The van der Waals surface area contributed by atoms with Crippen molar-refractivity contribution in [2.45, 2.75) is 53.1 Å². The molecule has 0 aromatic heterocycles. The molecule has 0 N–H and O–H groups in total. The lowest BCUT2D eigenvalue weighted by Gasteiger charge is -2.32. The maximum atomic E-state index is 13.5. The van der Waals surface area contributed by atoms with Crippen LogP contribution in [0.3, 0.4) is 0 Å². The van der Waals surface area contributed by atoms with Gasteiger partial charge in [0.2, 0.25) is 0 Å². The van der Waals surface area contributed by atoms with Gasteiger partial charge in [0.15, 0.2) is 0 Å². The Morgan fingerprint density at radius 2 is 1.79 bits per heavy atom. The number of rotatable bonds is 7. The molecule has 0 saturated heterocycles. The van der Waals surface area contributed by atoms with Gasteiger partial charge in [0.1, 0.15) is 5.82 Å². The number of hydrogen-bond acceptors (Lipinski definition) is 1. The number of nitrogens with zero attached hydrogens (tertiary/aromatic N) is 1. The van der Waals surface area contributed by atoms with Gasteiger partial charge >= 0.3 is 0 Å². The van der Waals surface area contributed by atoms with Crippen LogP contribution in [-0.2, 0) is 6.54 Å². The highest BCUT2D eigenvalue weighted by molar-refractivity contribution is 9.10. The summed E-state index contributed by atoms with van der Waals surface area (Å²) in [6.07, 6.45) is 2.28. The Balaban J connectivity index is 2.86. The highest BCUT2D eigenvalue weighted by atomic mass is 79.9. The molecule has 1 rings (SSSR count). The normalized spacial score (nSPS) is 11.8. The van der Waals surface area contributed by atoms with Gasteiger partial charge in [-0.05, 0) is 42.5 Å². The molecule has 0 saturated carbocycles. The minimum atomic E-state index is -0.168. The van der Waals surface area contributed by atoms with Crippen LogP contribution in [0.5, 0.6) is 0 Å². The fraction of sp³-hybridized carbons (Fsp3) is 0.625. The SMILES string of the molecule is CCC(CC)N(Cc1cc(F)cc(Br)c1)CC(C)C. The molecule has 0 fully saturated rings. The van der Waals surface area contributed by atoms with Crippen molar-refractivity contribution >= 4 is 15.9 Å². The summed E-state index contributed by atoms with van der Waals surface area (Å²) in [4.78, 5) is 2.48. The average molecular weight is 330 g/mol. The molecule has 0 radical (unpaired) electrons. The first kappa shape index (κ1) is 16.6. The molecular weight excluding hydrogens is 305 g/mol. The van der Waals surface area contributed by atoms with E-state index in [1.165, 1.54) is 6.07 Å². The average Bonchev–Trinajstić information content (AvgIpc) is 2.28. The van der Waals surface area contributed by atoms with Gasteiger partial charge < -0.3 is 0 Å². The summed E-state index contributed by atoms with van der Waals surface area (Å²) in [5.74, 6) is 0.455. The minimum absolute atomic E-state index is 0.168. The molecule has 19 heavy (non-hydrogen) atoms. The molecule has 0 aliphatic carbocycles. The van der Waals surface area contributed by atoms with Crippen LogP contribution in [0.2, 0.25) is 0 Å². The van der Waals surface area contributed by atoms with Crippen LogP contribution >= 0.6 is 15.9 Å². The molecule has 0 unspecified atom stereocenters. The Hall–Kier alpha value is -0.410. The molecule has 1 nitrogen and oxygen atoms in total. The van der Waals surface area contributed by atoms with Crippen molar-refractivity contribution in [1.29, 1.82) is 0 Å². The van der Waals surface area contributed by atoms with E-state index in [2.05, 4.69) is 48.5 Å². The van der Waals surface area contributed by atoms with Crippen molar-refractivity contribution in [3.8, 4) is 0 Å². The third-order valence-electron chi connectivity index (χ3n) is 3.37. The summed E-state index contributed by atoms with van der Waals surface area (Å²) in [6, 6.07) is 5.73. The van der Waals surface area contributed by atoms with Crippen LogP contribution in [0.1, 0.15) is 46.1 Å². The van der Waals surface area contributed by atoms with Gasteiger partial charge in [-0.25, -0.2) is 4.39 Å². The maximum absolute atomic E-state index is 13.5. The smallest absolute Gasteiger partial charge is 0.124 e. The van der Waals surface area contributed by atoms with E-state index >= 15 is 0 Å². The summed E-state index contributed by atoms with van der Waals surface area (Å²) in [5, 5.41) is 0. The highest BCUT2D eigenvalue weighted by Crippen LogP contribution is 2.20. The van der Waals surface area contributed by atoms with Crippen LogP contribution in [-0.4, -0.2) is 17.5 Å². The predicted octanol–water partition coefficient (Wildman–Crippen LogP) is 5.23. The fourth-order valence-corrected chi connectivity index (χ4v) is 3.07. The Kier molecular flexibility index (Phi) is 7.01. The lowest BCUT2D eigenvalue weighted by Crippen LogP contribution is -2.36. The molecule has 0 amide bonds. The first-order valence-electron chi connectivity index (χ1n) is 7.15. The Morgan fingerprint density at radius 1 is 1.16 bits per heavy atom. The van der Waals surface area contributed by atoms with Gasteiger partial charge in [0.25, 0.3) is 0 Å². The van der Waals surface area contributed by atoms with E-state index < -0.39 is 0 Å².